The quantitative estimate of drug-likeness (QED) is 0.774. The topological polar surface area (TPSA) is 54.0 Å². The third kappa shape index (κ3) is 3.20. The summed E-state index contributed by atoms with van der Waals surface area (Å²) in [6.45, 7) is 0.352. The van der Waals surface area contributed by atoms with Crippen LogP contribution in [-0.4, -0.2) is 11.0 Å². The fourth-order valence-corrected chi connectivity index (χ4v) is 2.15. The molecule has 0 bridgehead atoms. The van der Waals surface area contributed by atoms with Crippen molar-refractivity contribution in [1.29, 1.82) is 0 Å². The number of benzene rings is 2. The van der Waals surface area contributed by atoms with Gasteiger partial charge in [0.05, 0.1) is 11.2 Å². The number of aromatic nitrogens is 1. The molecule has 1 aromatic heterocycles. The molecule has 2 amide bonds. The first-order valence-corrected chi connectivity index (χ1v) is 6.85. The van der Waals surface area contributed by atoms with E-state index >= 15 is 0 Å². The molecule has 0 saturated carbocycles. The van der Waals surface area contributed by atoms with Crippen LogP contribution < -0.4 is 10.6 Å². The van der Waals surface area contributed by atoms with Crippen LogP contribution in [0.4, 0.5) is 14.9 Å². The van der Waals surface area contributed by atoms with Gasteiger partial charge in [-0.05, 0) is 35.9 Å². The van der Waals surface area contributed by atoms with Gasteiger partial charge in [0.15, 0.2) is 0 Å². The van der Waals surface area contributed by atoms with Crippen LogP contribution in [0.25, 0.3) is 10.9 Å². The first-order valence-electron chi connectivity index (χ1n) is 6.85. The number of carbonyl (C=O) groups excluding carboxylic acids is 1. The Balaban J connectivity index is 1.63. The normalized spacial score (nSPS) is 10.4. The van der Waals surface area contributed by atoms with E-state index in [4.69, 9.17) is 0 Å². The molecule has 0 saturated heterocycles. The van der Waals surface area contributed by atoms with Gasteiger partial charge in [0.1, 0.15) is 5.82 Å². The lowest BCUT2D eigenvalue weighted by Gasteiger charge is -2.09. The van der Waals surface area contributed by atoms with Crippen LogP contribution >= 0.6 is 0 Å². The molecule has 0 aliphatic rings. The van der Waals surface area contributed by atoms with E-state index in [0.29, 0.717) is 6.54 Å². The highest BCUT2D eigenvalue weighted by Gasteiger charge is 2.05. The van der Waals surface area contributed by atoms with Gasteiger partial charge < -0.3 is 10.6 Å². The average molecular weight is 295 g/mol. The summed E-state index contributed by atoms with van der Waals surface area (Å²) < 4.78 is 13.4. The van der Waals surface area contributed by atoms with Crippen molar-refractivity contribution in [2.24, 2.45) is 0 Å². The molecule has 0 aliphatic heterocycles. The fraction of sp³-hybridized carbons (Fsp3) is 0.0588. The summed E-state index contributed by atoms with van der Waals surface area (Å²) in [6.07, 6.45) is 1.74. The van der Waals surface area contributed by atoms with E-state index < -0.39 is 11.8 Å². The largest absolute Gasteiger partial charge is 0.334 e. The summed E-state index contributed by atoms with van der Waals surface area (Å²) in [7, 11) is 0. The number of nitrogens with one attached hydrogen (secondary N) is 2. The molecule has 5 heteroatoms. The molecule has 4 nitrogen and oxygen atoms in total. The smallest absolute Gasteiger partial charge is 0.319 e. The minimum Gasteiger partial charge on any atom is -0.334 e. The maximum Gasteiger partial charge on any atom is 0.319 e. The Kier molecular flexibility index (Phi) is 3.96. The summed E-state index contributed by atoms with van der Waals surface area (Å²) in [5.74, 6) is -0.463. The number of fused-ring (bicyclic) bond motifs is 1. The molecule has 0 atom stereocenters. The second-order valence-electron chi connectivity index (χ2n) is 4.82. The van der Waals surface area contributed by atoms with Crippen LogP contribution in [0.1, 0.15) is 5.56 Å². The molecular formula is C17H14FN3O. The van der Waals surface area contributed by atoms with E-state index in [-0.39, 0.29) is 5.69 Å². The Hall–Kier alpha value is -2.95. The van der Waals surface area contributed by atoms with Crippen molar-refractivity contribution in [2.75, 3.05) is 5.32 Å². The third-order valence-electron chi connectivity index (χ3n) is 3.24. The van der Waals surface area contributed by atoms with Crippen LogP contribution in [0.3, 0.4) is 0 Å². The van der Waals surface area contributed by atoms with E-state index in [0.717, 1.165) is 16.5 Å². The highest BCUT2D eigenvalue weighted by molar-refractivity contribution is 5.89. The van der Waals surface area contributed by atoms with Gasteiger partial charge in [-0.25, -0.2) is 9.18 Å². The number of anilines is 1. The molecule has 0 unspecified atom stereocenters. The molecule has 3 rings (SSSR count). The number of nitrogens with zero attached hydrogens (tertiary/aromatic N) is 1. The molecular weight excluding hydrogens is 281 g/mol. The lowest BCUT2D eigenvalue weighted by Crippen LogP contribution is -2.28. The highest BCUT2D eigenvalue weighted by Crippen LogP contribution is 2.14. The second kappa shape index (κ2) is 6.22. The van der Waals surface area contributed by atoms with Crippen LogP contribution in [0.15, 0.2) is 60.8 Å². The third-order valence-corrected chi connectivity index (χ3v) is 3.24. The molecule has 0 aliphatic carbocycles. The summed E-state index contributed by atoms with van der Waals surface area (Å²) in [4.78, 5) is 16.0. The average Bonchev–Trinajstić information content (AvgIpc) is 2.55. The van der Waals surface area contributed by atoms with Gasteiger partial charge in [0.25, 0.3) is 0 Å². The zero-order valence-corrected chi connectivity index (χ0v) is 11.7. The predicted octanol–water partition coefficient (Wildman–Crippen LogP) is 3.70. The Morgan fingerprint density at radius 3 is 2.82 bits per heavy atom. The van der Waals surface area contributed by atoms with Gasteiger partial charge >= 0.3 is 6.03 Å². The van der Waals surface area contributed by atoms with Gasteiger partial charge in [-0.2, -0.15) is 0 Å². The summed E-state index contributed by atoms with van der Waals surface area (Å²) >= 11 is 0. The highest BCUT2D eigenvalue weighted by atomic mass is 19.1. The molecule has 22 heavy (non-hydrogen) atoms. The Morgan fingerprint density at radius 1 is 1.09 bits per heavy atom. The summed E-state index contributed by atoms with van der Waals surface area (Å²) in [6, 6.07) is 15.2. The Bertz CT molecular complexity index is 820. The van der Waals surface area contributed by atoms with Gasteiger partial charge in [0.2, 0.25) is 0 Å². The second-order valence-corrected chi connectivity index (χ2v) is 4.82. The first kappa shape index (κ1) is 14.0. The maximum absolute atomic E-state index is 13.4. The zero-order chi connectivity index (χ0) is 15.4. The predicted molar refractivity (Wildman–Crippen MR) is 84.0 cm³/mol. The van der Waals surface area contributed by atoms with Crippen molar-refractivity contribution in [3.05, 3.63) is 72.2 Å². The van der Waals surface area contributed by atoms with Crippen LogP contribution in [0.2, 0.25) is 0 Å². The van der Waals surface area contributed by atoms with Crippen molar-refractivity contribution in [3.8, 4) is 0 Å². The molecule has 110 valence electrons. The monoisotopic (exact) mass is 295 g/mol. The van der Waals surface area contributed by atoms with E-state index in [9.17, 15) is 9.18 Å². The van der Waals surface area contributed by atoms with Crippen LogP contribution in [0.5, 0.6) is 0 Å². The number of hydrogen-bond donors (Lipinski definition) is 2. The maximum atomic E-state index is 13.4. The number of para-hydroxylation sites is 1. The molecule has 0 radical (unpaired) electrons. The minimum atomic E-state index is -0.463. The number of amides is 2. The molecule has 2 N–H and O–H groups in total. The van der Waals surface area contributed by atoms with Gasteiger partial charge in [-0.1, -0.05) is 24.3 Å². The Labute approximate surface area is 127 Å². The van der Waals surface area contributed by atoms with Gasteiger partial charge in [-0.15, -0.1) is 0 Å². The number of halogens is 1. The van der Waals surface area contributed by atoms with Crippen molar-refractivity contribution in [1.82, 2.24) is 10.3 Å². The molecule has 2 aromatic carbocycles. The lowest BCUT2D eigenvalue weighted by atomic mass is 10.1. The lowest BCUT2D eigenvalue weighted by molar-refractivity contribution is 0.251. The van der Waals surface area contributed by atoms with Gasteiger partial charge in [-0.3, -0.25) is 4.98 Å². The number of rotatable bonds is 3. The molecule has 3 aromatic rings. The van der Waals surface area contributed by atoms with E-state index in [1.54, 1.807) is 18.3 Å². The molecule has 0 spiro atoms. The SMILES string of the molecule is O=C(NCc1ccc2ncccc2c1)Nc1ccccc1F. The Morgan fingerprint density at radius 2 is 1.95 bits per heavy atom. The molecule has 1 heterocycles. The summed E-state index contributed by atoms with van der Waals surface area (Å²) in [5.41, 5.74) is 2.01. The van der Waals surface area contributed by atoms with Gasteiger partial charge in [0, 0.05) is 18.1 Å². The first-order chi connectivity index (χ1) is 10.7. The molecule has 0 fully saturated rings. The number of urea groups is 1. The van der Waals surface area contributed by atoms with Crippen LogP contribution in [0, 0.1) is 5.82 Å². The number of carbonyl (C=O) groups is 1. The zero-order valence-electron chi connectivity index (χ0n) is 11.7. The standard InChI is InChI=1S/C17H14FN3O/c18-14-5-1-2-6-16(14)21-17(22)20-11-12-7-8-15-13(10-12)4-3-9-19-15/h1-10H,11H2,(H2,20,21,22). The van der Waals surface area contributed by atoms with Crippen molar-refractivity contribution < 1.29 is 9.18 Å². The van der Waals surface area contributed by atoms with E-state index in [1.165, 1.54) is 12.1 Å². The van der Waals surface area contributed by atoms with Crippen molar-refractivity contribution in [2.45, 2.75) is 6.54 Å². The number of pyridine rings is 1. The fourth-order valence-electron chi connectivity index (χ4n) is 2.15. The van der Waals surface area contributed by atoms with Crippen molar-refractivity contribution in [3.63, 3.8) is 0 Å². The minimum absolute atomic E-state index is 0.155. The van der Waals surface area contributed by atoms with E-state index in [2.05, 4.69) is 15.6 Å². The summed E-state index contributed by atoms with van der Waals surface area (Å²) in [5, 5.41) is 6.19. The van der Waals surface area contributed by atoms with Crippen molar-refractivity contribution >= 4 is 22.6 Å². The van der Waals surface area contributed by atoms with Crippen LogP contribution in [-0.2, 0) is 6.54 Å². The number of hydrogen-bond acceptors (Lipinski definition) is 2. The van der Waals surface area contributed by atoms with E-state index in [1.807, 2.05) is 30.3 Å².